The number of carbonyl (C=O) groups excluding carboxylic acids is 1. The minimum Gasteiger partial charge on any atom is -0.486 e. The third-order valence-electron chi connectivity index (χ3n) is 3.21. The summed E-state index contributed by atoms with van der Waals surface area (Å²) in [4.78, 5) is 13.9. The number of halogens is 1. The maximum atomic E-state index is 12.3. The fraction of sp³-hybridized carbons (Fsp3) is 0.133. The number of fused-ring (bicyclic) bond motifs is 1. The molecule has 1 amide bonds. The van der Waals surface area contributed by atoms with E-state index in [1.54, 1.807) is 12.1 Å². The average molecular weight is 369 g/mol. The Labute approximate surface area is 143 Å². The van der Waals surface area contributed by atoms with Crippen molar-refractivity contribution in [2.24, 2.45) is 0 Å². The summed E-state index contributed by atoms with van der Waals surface area (Å²) in [6.07, 6.45) is 0. The molecule has 126 valence electrons. The smallest absolute Gasteiger partial charge is 0.266 e. The Kier molecular flexibility index (Phi) is 4.61. The molecule has 3 rings (SSSR count). The topological polar surface area (TPSA) is 93.7 Å². The first kappa shape index (κ1) is 16.6. The maximum absolute atomic E-state index is 12.3. The van der Waals surface area contributed by atoms with Gasteiger partial charge in [-0.15, -0.1) is 4.83 Å². The molecular formula is C15H13ClN2O5S. The van der Waals surface area contributed by atoms with Crippen LogP contribution in [0.2, 0.25) is 5.02 Å². The number of hydrogen-bond acceptors (Lipinski definition) is 5. The molecule has 24 heavy (non-hydrogen) atoms. The van der Waals surface area contributed by atoms with Crippen LogP contribution in [0.5, 0.6) is 11.5 Å². The molecule has 0 aliphatic carbocycles. The van der Waals surface area contributed by atoms with E-state index >= 15 is 0 Å². The number of hydrogen-bond donors (Lipinski definition) is 2. The molecule has 1 aliphatic heterocycles. The van der Waals surface area contributed by atoms with Gasteiger partial charge in [-0.3, -0.25) is 10.2 Å². The van der Waals surface area contributed by atoms with Crippen LogP contribution in [-0.4, -0.2) is 27.5 Å². The van der Waals surface area contributed by atoms with Gasteiger partial charge in [0.15, 0.2) is 11.5 Å². The zero-order valence-electron chi connectivity index (χ0n) is 12.3. The fourth-order valence-electron chi connectivity index (χ4n) is 2.07. The van der Waals surface area contributed by atoms with E-state index in [4.69, 9.17) is 21.1 Å². The Bertz CT molecular complexity index is 885. The Balaban J connectivity index is 1.73. The highest BCUT2D eigenvalue weighted by Gasteiger charge is 2.20. The van der Waals surface area contributed by atoms with Crippen LogP contribution in [0.15, 0.2) is 47.4 Å². The summed E-state index contributed by atoms with van der Waals surface area (Å²) in [6, 6.07) is 10.3. The first-order chi connectivity index (χ1) is 11.5. The third-order valence-corrected chi connectivity index (χ3v) is 4.69. The first-order valence-electron chi connectivity index (χ1n) is 6.93. The van der Waals surface area contributed by atoms with Gasteiger partial charge in [0.2, 0.25) is 0 Å². The van der Waals surface area contributed by atoms with E-state index in [9.17, 15) is 13.2 Å². The van der Waals surface area contributed by atoms with E-state index in [-0.39, 0.29) is 10.5 Å². The standard InChI is InChI=1S/C15H13ClN2O5S/c16-11-3-1-2-10(8-11)15(19)17-18-24(20,21)12-4-5-13-14(9-12)23-7-6-22-13/h1-5,8-9,18H,6-7H2,(H,17,19). The third kappa shape index (κ3) is 3.61. The van der Waals surface area contributed by atoms with Crippen molar-refractivity contribution in [3.05, 3.63) is 53.1 Å². The second kappa shape index (κ2) is 6.68. The fourth-order valence-corrected chi connectivity index (χ4v) is 3.11. The normalized spacial score (nSPS) is 13.4. The first-order valence-corrected chi connectivity index (χ1v) is 8.79. The quantitative estimate of drug-likeness (QED) is 0.802. The van der Waals surface area contributed by atoms with Crippen LogP contribution in [0.1, 0.15) is 10.4 Å². The Morgan fingerprint density at radius 2 is 1.79 bits per heavy atom. The van der Waals surface area contributed by atoms with Crippen molar-refractivity contribution in [1.29, 1.82) is 0 Å². The minimum absolute atomic E-state index is 0.0573. The SMILES string of the molecule is O=C(NNS(=O)(=O)c1ccc2c(c1)OCCO2)c1cccc(Cl)c1. The monoisotopic (exact) mass is 368 g/mol. The lowest BCUT2D eigenvalue weighted by Crippen LogP contribution is -2.41. The summed E-state index contributed by atoms with van der Waals surface area (Å²) in [5.41, 5.74) is 2.37. The van der Waals surface area contributed by atoms with Gasteiger partial charge in [0, 0.05) is 16.7 Å². The molecule has 1 heterocycles. The summed E-state index contributed by atoms with van der Waals surface area (Å²) in [5.74, 6) is 0.187. The Morgan fingerprint density at radius 3 is 2.54 bits per heavy atom. The van der Waals surface area contributed by atoms with E-state index in [0.29, 0.717) is 29.7 Å². The van der Waals surface area contributed by atoms with Gasteiger partial charge in [-0.25, -0.2) is 8.42 Å². The van der Waals surface area contributed by atoms with Crippen LogP contribution in [0, 0.1) is 0 Å². The number of rotatable bonds is 4. The van der Waals surface area contributed by atoms with Crippen molar-refractivity contribution in [2.45, 2.75) is 4.90 Å². The lowest BCUT2D eigenvalue weighted by molar-refractivity contribution is 0.0945. The minimum atomic E-state index is -3.96. The van der Waals surface area contributed by atoms with Gasteiger partial charge in [0.25, 0.3) is 15.9 Å². The summed E-state index contributed by atoms with van der Waals surface area (Å²) in [5, 5.41) is 0.373. The molecule has 1 aliphatic rings. The van der Waals surface area contributed by atoms with E-state index in [2.05, 4.69) is 5.43 Å². The molecule has 0 aromatic heterocycles. The number of carbonyl (C=O) groups is 1. The number of amides is 1. The van der Waals surface area contributed by atoms with Crippen molar-refractivity contribution >= 4 is 27.5 Å². The van der Waals surface area contributed by atoms with E-state index in [1.807, 2.05) is 4.83 Å². The lowest BCUT2D eigenvalue weighted by atomic mass is 10.2. The van der Waals surface area contributed by atoms with Gasteiger partial charge in [0.05, 0.1) is 4.90 Å². The average Bonchev–Trinajstić information content (AvgIpc) is 2.59. The predicted molar refractivity (Wildman–Crippen MR) is 86.7 cm³/mol. The van der Waals surface area contributed by atoms with E-state index in [0.717, 1.165) is 0 Å². The molecule has 2 aromatic carbocycles. The second-order valence-corrected chi connectivity index (χ2v) is 6.99. The van der Waals surface area contributed by atoms with Gasteiger partial charge in [-0.2, -0.15) is 0 Å². The number of nitrogens with one attached hydrogen (secondary N) is 2. The molecule has 7 nitrogen and oxygen atoms in total. The van der Waals surface area contributed by atoms with Crippen LogP contribution in [-0.2, 0) is 10.0 Å². The number of benzene rings is 2. The van der Waals surface area contributed by atoms with Crippen LogP contribution >= 0.6 is 11.6 Å². The summed E-state index contributed by atoms with van der Waals surface area (Å²) < 4.78 is 35.2. The van der Waals surface area contributed by atoms with Crippen LogP contribution in [0.4, 0.5) is 0 Å². The molecule has 0 saturated heterocycles. The molecular weight excluding hydrogens is 356 g/mol. The number of ether oxygens (including phenoxy) is 2. The maximum Gasteiger partial charge on any atom is 0.266 e. The number of sulfonamides is 1. The van der Waals surface area contributed by atoms with Gasteiger partial charge < -0.3 is 9.47 Å². The lowest BCUT2D eigenvalue weighted by Gasteiger charge is -2.19. The second-order valence-electron chi connectivity index (χ2n) is 4.88. The highest BCUT2D eigenvalue weighted by atomic mass is 35.5. The van der Waals surface area contributed by atoms with E-state index in [1.165, 1.54) is 30.3 Å². The van der Waals surface area contributed by atoms with Gasteiger partial charge in [0.1, 0.15) is 13.2 Å². The van der Waals surface area contributed by atoms with Gasteiger partial charge in [-0.05, 0) is 30.3 Å². The summed E-state index contributed by atoms with van der Waals surface area (Å²) in [6.45, 7) is 0.752. The predicted octanol–water partition coefficient (Wildman–Crippen LogP) is 1.73. The van der Waals surface area contributed by atoms with Crippen molar-refractivity contribution in [1.82, 2.24) is 10.3 Å². The molecule has 0 atom stereocenters. The van der Waals surface area contributed by atoms with Gasteiger partial charge >= 0.3 is 0 Å². The molecule has 0 bridgehead atoms. The molecule has 0 spiro atoms. The van der Waals surface area contributed by atoms with Crippen LogP contribution in [0.3, 0.4) is 0 Å². The van der Waals surface area contributed by atoms with Crippen molar-refractivity contribution in [3.63, 3.8) is 0 Å². The molecule has 2 aromatic rings. The number of hydrazine groups is 1. The largest absolute Gasteiger partial charge is 0.486 e. The Hall–Kier alpha value is -2.29. The van der Waals surface area contributed by atoms with Crippen molar-refractivity contribution in [3.8, 4) is 11.5 Å². The van der Waals surface area contributed by atoms with Gasteiger partial charge in [-0.1, -0.05) is 17.7 Å². The molecule has 0 radical (unpaired) electrons. The molecule has 0 saturated carbocycles. The van der Waals surface area contributed by atoms with E-state index < -0.39 is 15.9 Å². The van der Waals surface area contributed by atoms with Crippen molar-refractivity contribution in [2.75, 3.05) is 13.2 Å². The zero-order chi connectivity index (χ0) is 17.2. The summed E-state index contributed by atoms with van der Waals surface area (Å²) >= 11 is 5.80. The molecule has 0 fully saturated rings. The van der Waals surface area contributed by atoms with Crippen molar-refractivity contribution < 1.29 is 22.7 Å². The molecule has 0 unspecified atom stereocenters. The highest BCUT2D eigenvalue weighted by molar-refractivity contribution is 7.89. The van der Waals surface area contributed by atoms with Crippen LogP contribution < -0.4 is 19.7 Å². The van der Waals surface area contributed by atoms with Crippen LogP contribution in [0.25, 0.3) is 0 Å². The highest BCUT2D eigenvalue weighted by Crippen LogP contribution is 2.32. The Morgan fingerprint density at radius 1 is 1.04 bits per heavy atom. The molecule has 9 heteroatoms. The zero-order valence-corrected chi connectivity index (χ0v) is 13.9. The molecule has 2 N–H and O–H groups in total. The summed E-state index contributed by atoms with van der Waals surface area (Å²) in [7, 11) is -3.96.